The van der Waals surface area contributed by atoms with Gasteiger partial charge in [0, 0.05) is 25.2 Å². The van der Waals surface area contributed by atoms with Gasteiger partial charge in [-0.1, -0.05) is 0 Å². The Morgan fingerprint density at radius 3 is 2.84 bits per heavy atom. The summed E-state index contributed by atoms with van der Waals surface area (Å²) in [5.74, 6) is -0.108. The van der Waals surface area contributed by atoms with Crippen LogP contribution in [0.4, 0.5) is 4.79 Å². The molecule has 0 saturated heterocycles. The third-order valence-corrected chi connectivity index (χ3v) is 3.10. The molecule has 0 radical (unpaired) electrons. The van der Waals surface area contributed by atoms with E-state index in [4.69, 9.17) is 4.74 Å². The molecule has 2 rings (SSSR count). The first-order valence-corrected chi connectivity index (χ1v) is 6.40. The first kappa shape index (κ1) is 13.9. The zero-order valence-electron chi connectivity index (χ0n) is 11.9. The van der Waals surface area contributed by atoms with Crippen molar-refractivity contribution >= 4 is 6.09 Å². The highest BCUT2D eigenvalue weighted by atomic mass is 16.6. The third kappa shape index (κ3) is 2.89. The number of hydrogen-bond donors (Lipinski definition) is 1. The van der Waals surface area contributed by atoms with Gasteiger partial charge >= 0.3 is 6.09 Å². The molecule has 1 aromatic heterocycles. The van der Waals surface area contributed by atoms with E-state index >= 15 is 0 Å². The lowest BCUT2D eigenvalue weighted by molar-refractivity contribution is 0.0185. The second kappa shape index (κ2) is 4.85. The fourth-order valence-electron chi connectivity index (χ4n) is 2.34. The summed E-state index contributed by atoms with van der Waals surface area (Å²) in [4.78, 5) is 18.0. The Morgan fingerprint density at radius 2 is 2.26 bits per heavy atom. The topological polar surface area (TPSA) is 67.6 Å². The maximum Gasteiger partial charge on any atom is 0.410 e. The van der Waals surface area contributed by atoms with Crippen LogP contribution in [-0.4, -0.2) is 44.4 Å². The molecule has 0 fully saturated rings. The zero-order valence-corrected chi connectivity index (χ0v) is 11.9. The molecule has 0 aliphatic carbocycles. The van der Waals surface area contributed by atoms with E-state index < -0.39 is 5.60 Å². The lowest BCUT2D eigenvalue weighted by atomic mass is 9.99. The maximum atomic E-state index is 12.1. The van der Waals surface area contributed by atoms with Gasteiger partial charge in [-0.15, -0.1) is 0 Å². The summed E-state index contributed by atoms with van der Waals surface area (Å²) in [6, 6.07) is 0. The number of aryl methyl sites for hydroxylation is 1. The molecule has 6 nitrogen and oxygen atoms in total. The van der Waals surface area contributed by atoms with E-state index in [1.165, 1.54) is 0 Å². The molecule has 1 aliphatic heterocycles. The number of amides is 1. The van der Waals surface area contributed by atoms with Crippen LogP contribution in [0.2, 0.25) is 0 Å². The highest BCUT2D eigenvalue weighted by Crippen LogP contribution is 2.27. The first-order valence-electron chi connectivity index (χ1n) is 6.40. The Bertz CT molecular complexity index is 476. The van der Waals surface area contributed by atoms with Crippen molar-refractivity contribution in [1.82, 2.24) is 14.5 Å². The number of carbonyl (C=O) groups is 1. The molecule has 0 saturated carbocycles. The van der Waals surface area contributed by atoms with Gasteiger partial charge < -0.3 is 19.3 Å². The van der Waals surface area contributed by atoms with Gasteiger partial charge in [-0.25, -0.2) is 9.78 Å². The Labute approximate surface area is 113 Å². The number of aliphatic hydroxyl groups is 1. The monoisotopic (exact) mass is 267 g/mol. The number of ether oxygens (including phenoxy) is 1. The van der Waals surface area contributed by atoms with Crippen LogP contribution < -0.4 is 0 Å². The summed E-state index contributed by atoms with van der Waals surface area (Å²) in [7, 11) is 1.90. The average Bonchev–Trinajstić information content (AvgIpc) is 2.68. The third-order valence-electron chi connectivity index (χ3n) is 3.10. The Balaban J connectivity index is 2.18. The summed E-state index contributed by atoms with van der Waals surface area (Å²) in [6.45, 7) is 6.39. The van der Waals surface area contributed by atoms with E-state index in [-0.39, 0.29) is 18.6 Å². The van der Waals surface area contributed by atoms with Gasteiger partial charge in [-0.3, -0.25) is 0 Å². The molecule has 6 heteroatoms. The van der Waals surface area contributed by atoms with Crippen molar-refractivity contribution in [2.75, 3.05) is 13.2 Å². The molecular weight excluding hydrogens is 246 g/mol. The minimum Gasteiger partial charge on any atom is -0.444 e. The van der Waals surface area contributed by atoms with Crippen LogP contribution in [0.25, 0.3) is 0 Å². The van der Waals surface area contributed by atoms with E-state index in [9.17, 15) is 9.90 Å². The largest absolute Gasteiger partial charge is 0.444 e. The summed E-state index contributed by atoms with van der Waals surface area (Å²) < 4.78 is 7.27. The number of aromatic nitrogens is 2. The van der Waals surface area contributed by atoms with Gasteiger partial charge in [0.15, 0.2) is 0 Å². The molecule has 0 aromatic carbocycles. The van der Waals surface area contributed by atoms with Gasteiger partial charge in [-0.05, 0) is 20.8 Å². The van der Waals surface area contributed by atoms with E-state index in [0.717, 1.165) is 11.4 Å². The summed E-state index contributed by atoms with van der Waals surface area (Å²) in [5, 5.41) is 9.49. The molecule has 1 N–H and O–H groups in total. The Hall–Kier alpha value is -1.56. The van der Waals surface area contributed by atoms with E-state index in [1.54, 1.807) is 11.2 Å². The molecule has 1 atom stereocenters. The molecule has 1 amide bonds. The number of nitrogens with zero attached hydrogens (tertiary/aromatic N) is 3. The van der Waals surface area contributed by atoms with Gasteiger partial charge in [0.1, 0.15) is 5.60 Å². The van der Waals surface area contributed by atoms with Crippen LogP contribution in [0.5, 0.6) is 0 Å². The molecular formula is C13H21N3O3. The lowest BCUT2D eigenvalue weighted by Crippen LogP contribution is -2.42. The summed E-state index contributed by atoms with van der Waals surface area (Å²) >= 11 is 0. The fourth-order valence-corrected chi connectivity index (χ4v) is 2.34. The zero-order chi connectivity index (χ0) is 14.2. The van der Waals surface area contributed by atoms with Gasteiger partial charge in [-0.2, -0.15) is 0 Å². The van der Waals surface area contributed by atoms with Crippen molar-refractivity contribution in [2.24, 2.45) is 7.05 Å². The number of carbonyl (C=O) groups excluding carboxylic acids is 1. The van der Waals surface area contributed by atoms with Crippen LogP contribution >= 0.6 is 0 Å². The van der Waals surface area contributed by atoms with Crippen LogP contribution in [0, 0.1) is 0 Å². The van der Waals surface area contributed by atoms with Crippen LogP contribution in [0.1, 0.15) is 38.1 Å². The molecule has 106 valence electrons. The highest BCUT2D eigenvalue weighted by Gasteiger charge is 2.33. The van der Waals surface area contributed by atoms with E-state index in [1.807, 2.05) is 32.4 Å². The van der Waals surface area contributed by atoms with Crippen molar-refractivity contribution in [1.29, 1.82) is 0 Å². The van der Waals surface area contributed by atoms with Crippen molar-refractivity contribution in [2.45, 2.75) is 38.8 Å². The molecule has 0 spiro atoms. The normalized spacial score (nSPS) is 19.2. The summed E-state index contributed by atoms with van der Waals surface area (Å²) in [5.41, 5.74) is 1.32. The smallest absolute Gasteiger partial charge is 0.410 e. The minimum atomic E-state index is -0.518. The second-order valence-electron chi connectivity index (χ2n) is 5.93. The van der Waals surface area contributed by atoms with E-state index in [0.29, 0.717) is 13.1 Å². The molecule has 0 bridgehead atoms. The number of rotatable bonds is 1. The van der Waals surface area contributed by atoms with Crippen molar-refractivity contribution in [3.05, 3.63) is 17.7 Å². The van der Waals surface area contributed by atoms with Crippen LogP contribution in [-0.2, 0) is 18.3 Å². The van der Waals surface area contributed by atoms with Crippen molar-refractivity contribution < 1.29 is 14.6 Å². The maximum absolute atomic E-state index is 12.1. The minimum absolute atomic E-state index is 0.00810. The number of hydrogen-bond acceptors (Lipinski definition) is 4. The lowest BCUT2D eigenvalue weighted by Gasteiger charge is -2.33. The second-order valence-corrected chi connectivity index (χ2v) is 5.93. The molecule has 1 aromatic rings. The van der Waals surface area contributed by atoms with Crippen molar-refractivity contribution in [3.8, 4) is 0 Å². The predicted octanol–water partition coefficient (Wildman–Crippen LogP) is 1.25. The van der Waals surface area contributed by atoms with E-state index in [2.05, 4.69) is 4.98 Å². The first-order chi connectivity index (χ1) is 8.81. The van der Waals surface area contributed by atoms with Gasteiger partial charge in [0.2, 0.25) is 0 Å². The Morgan fingerprint density at radius 1 is 1.58 bits per heavy atom. The van der Waals surface area contributed by atoms with Crippen LogP contribution in [0.3, 0.4) is 0 Å². The highest BCUT2D eigenvalue weighted by molar-refractivity contribution is 5.68. The molecule has 19 heavy (non-hydrogen) atoms. The fraction of sp³-hybridized carbons (Fsp3) is 0.692. The van der Waals surface area contributed by atoms with Crippen molar-refractivity contribution in [3.63, 3.8) is 0 Å². The predicted molar refractivity (Wildman–Crippen MR) is 69.7 cm³/mol. The molecule has 1 aliphatic rings. The molecule has 0 unspecified atom stereocenters. The standard InChI is InChI=1S/C13H21N3O3/c1-13(2,3)19-12(18)16-5-9(7-17)11-10(6-16)14-8-15(11)4/h8-9,17H,5-7H2,1-4H3/t9-/m0/s1. The molecule has 2 heterocycles. The van der Waals surface area contributed by atoms with Gasteiger partial charge in [0.25, 0.3) is 0 Å². The SMILES string of the molecule is Cn1cnc2c1[C@H](CO)CN(C(=O)OC(C)(C)C)C2. The average molecular weight is 267 g/mol. The number of aliphatic hydroxyl groups excluding tert-OH is 1. The van der Waals surface area contributed by atoms with Gasteiger partial charge in [0.05, 0.1) is 25.2 Å². The number of imidazole rings is 1. The van der Waals surface area contributed by atoms with Crippen LogP contribution in [0.15, 0.2) is 6.33 Å². The quantitative estimate of drug-likeness (QED) is 0.831. The Kier molecular flexibility index (Phi) is 3.54. The number of fused-ring (bicyclic) bond motifs is 1. The summed E-state index contributed by atoms with van der Waals surface area (Å²) in [6.07, 6.45) is 1.36.